The number of fused-ring (bicyclic) bond motifs is 7. The first kappa shape index (κ1) is 32.7. The van der Waals surface area contributed by atoms with Crippen molar-refractivity contribution in [2.75, 3.05) is 9.80 Å². The van der Waals surface area contributed by atoms with Crippen molar-refractivity contribution >= 4 is 79.2 Å². The molecule has 1 aromatic heterocycles. The lowest BCUT2D eigenvalue weighted by molar-refractivity contribution is 0.669. The van der Waals surface area contributed by atoms with Gasteiger partial charge in [0.15, 0.2) is 0 Å². The Labute approximate surface area is 337 Å². The van der Waals surface area contributed by atoms with Crippen LogP contribution in [0.15, 0.2) is 217 Å². The molecule has 270 valence electrons. The zero-order valence-corrected chi connectivity index (χ0v) is 31.6. The summed E-state index contributed by atoms with van der Waals surface area (Å²) in [7, 11) is 0. The smallest absolute Gasteiger partial charge is 0.252 e. The molecule has 3 heterocycles. The number of hydrogen-bond donors (Lipinski definition) is 0. The van der Waals surface area contributed by atoms with E-state index < -0.39 is 0 Å². The first-order valence-corrected chi connectivity index (χ1v) is 20.0. The van der Waals surface area contributed by atoms with Gasteiger partial charge in [0.1, 0.15) is 11.2 Å². The van der Waals surface area contributed by atoms with Crippen LogP contribution in [0.4, 0.5) is 34.1 Å². The Kier molecular flexibility index (Phi) is 7.33. The van der Waals surface area contributed by atoms with Gasteiger partial charge in [-0.05, 0) is 87.2 Å². The molecule has 0 bridgehead atoms. The SMILES string of the molecule is c1ccc(-c2ccccc2N2c3ccccc3B3c4cc(-c5cccc6oc7ccccc7c56)ccc4N(c4ccccc4-c4ccccc4)c4cccc2c43)cc1. The Morgan fingerprint density at radius 1 is 0.328 bits per heavy atom. The largest absolute Gasteiger partial charge is 0.456 e. The molecular weight excluding hydrogens is 703 g/mol. The third kappa shape index (κ3) is 4.88. The van der Waals surface area contributed by atoms with Crippen molar-refractivity contribution in [3.8, 4) is 33.4 Å². The lowest BCUT2D eigenvalue weighted by atomic mass is 9.33. The summed E-state index contributed by atoms with van der Waals surface area (Å²) in [6.45, 7) is -0.0158. The van der Waals surface area contributed by atoms with Crippen LogP contribution in [-0.2, 0) is 0 Å². The van der Waals surface area contributed by atoms with E-state index in [0.29, 0.717) is 0 Å². The molecule has 58 heavy (non-hydrogen) atoms. The fraction of sp³-hybridized carbons (Fsp3) is 0. The van der Waals surface area contributed by atoms with Crippen LogP contribution in [0, 0.1) is 0 Å². The standard InChI is InChI=1S/C54H35BN2O/c1-3-17-36(18-4-1)39-21-7-11-26-45(39)56-47-28-13-10-25-43(47)55-44-35-38(41-24-15-32-52-53(41)42-23-9-14-31-51(42)58-52)33-34-48(44)57(50-30-16-29-49(56)54(50)55)46-27-12-8-22-40(46)37-19-5-2-6-20-37/h1-35H. The molecule has 12 rings (SSSR count). The average Bonchev–Trinajstić information content (AvgIpc) is 3.69. The molecule has 0 saturated heterocycles. The molecule has 0 atom stereocenters. The predicted molar refractivity (Wildman–Crippen MR) is 244 cm³/mol. The monoisotopic (exact) mass is 738 g/mol. The van der Waals surface area contributed by atoms with Crippen LogP contribution in [0.25, 0.3) is 55.3 Å². The molecule has 0 fully saturated rings. The molecule has 9 aromatic carbocycles. The van der Waals surface area contributed by atoms with Gasteiger partial charge >= 0.3 is 0 Å². The maximum Gasteiger partial charge on any atom is 0.252 e. The van der Waals surface area contributed by atoms with Crippen molar-refractivity contribution in [2.24, 2.45) is 0 Å². The maximum atomic E-state index is 6.40. The summed E-state index contributed by atoms with van der Waals surface area (Å²) in [4.78, 5) is 5.02. The molecule has 0 unspecified atom stereocenters. The molecule has 0 amide bonds. The lowest BCUT2D eigenvalue weighted by Gasteiger charge is -2.44. The molecule has 0 spiro atoms. The maximum absolute atomic E-state index is 6.40. The van der Waals surface area contributed by atoms with Crippen LogP contribution in [0.2, 0.25) is 0 Å². The lowest BCUT2D eigenvalue weighted by Crippen LogP contribution is -2.61. The van der Waals surface area contributed by atoms with Gasteiger partial charge in [0.25, 0.3) is 6.71 Å². The number of anilines is 6. The van der Waals surface area contributed by atoms with Gasteiger partial charge < -0.3 is 14.2 Å². The predicted octanol–water partition coefficient (Wildman–Crippen LogP) is 12.7. The van der Waals surface area contributed by atoms with E-state index in [2.05, 4.69) is 216 Å². The zero-order chi connectivity index (χ0) is 38.2. The Hall–Kier alpha value is -7.56. The minimum absolute atomic E-state index is 0.0158. The Bertz CT molecular complexity index is 3190. The van der Waals surface area contributed by atoms with Gasteiger partial charge in [0, 0.05) is 44.6 Å². The highest BCUT2D eigenvalue weighted by molar-refractivity contribution is 7.00. The summed E-state index contributed by atoms with van der Waals surface area (Å²) in [5.74, 6) is 0. The molecule has 3 nitrogen and oxygen atoms in total. The Morgan fingerprint density at radius 3 is 1.52 bits per heavy atom. The van der Waals surface area contributed by atoms with Gasteiger partial charge in [-0.2, -0.15) is 0 Å². The normalized spacial score (nSPS) is 12.7. The van der Waals surface area contributed by atoms with E-state index in [1.807, 2.05) is 6.07 Å². The first-order valence-electron chi connectivity index (χ1n) is 20.0. The summed E-state index contributed by atoms with van der Waals surface area (Å²) < 4.78 is 6.40. The van der Waals surface area contributed by atoms with Crippen LogP contribution >= 0.6 is 0 Å². The molecule has 2 aliphatic rings. The van der Waals surface area contributed by atoms with Gasteiger partial charge in [-0.15, -0.1) is 0 Å². The summed E-state index contributed by atoms with van der Waals surface area (Å²) in [5, 5.41) is 2.28. The van der Waals surface area contributed by atoms with Crippen molar-refractivity contribution in [2.45, 2.75) is 0 Å². The molecule has 0 saturated carbocycles. The highest BCUT2D eigenvalue weighted by Gasteiger charge is 2.43. The molecule has 0 radical (unpaired) electrons. The van der Waals surface area contributed by atoms with Crippen LogP contribution in [-0.4, -0.2) is 6.71 Å². The van der Waals surface area contributed by atoms with Crippen molar-refractivity contribution in [3.05, 3.63) is 212 Å². The number of rotatable bonds is 5. The van der Waals surface area contributed by atoms with Crippen LogP contribution in [0.3, 0.4) is 0 Å². The quantitative estimate of drug-likeness (QED) is 0.164. The van der Waals surface area contributed by atoms with Crippen molar-refractivity contribution < 1.29 is 4.42 Å². The average molecular weight is 739 g/mol. The summed E-state index contributed by atoms with van der Waals surface area (Å²) >= 11 is 0. The van der Waals surface area contributed by atoms with Gasteiger partial charge in [0.05, 0.1) is 11.4 Å². The van der Waals surface area contributed by atoms with E-state index >= 15 is 0 Å². The Balaban J connectivity index is 1.16. The van der Waals surface area contributed by atoms with Crippen molar-refractivity contribution in [3.63, 3.8) is 0 Å². The van der Waals surface area contributed by atoms with Crippen molar-refractivity contribution in [1.82, 2.24) is 0 Å². The zero-order valence-electron chi connectivity index (χ0n) is 31.6. The molecule has 4 heteroatoms. The second kappa shape index (κ2) is 13.0. The van der Waals surface area contributed by atoms with Crippen LogP contribution in [0.5, 0.6) is 0 Å². The molecule has 0 aliphatic carbocycles. The Morgan fingerprint density at radius 2 is 0.828 bits per heavy atom. The molecule has 0 N–H and O–H groups in total. The van der Waals surface area contributed by atoms with E-state index in [4.69, 9.17) is 4.42 Å². The van der Waals surface area contributed by atoms with E-state index in [1.54, 1.807) is 0 Å². The number of hydrogen-bond acceptors (Lipinski definition) is 3. The number of nitrogens with zero attached hydrogens (tertiary/aromatic N) is 2. The fourth-order valence-corrected chi connectivity index (χ4v) is 9.65. The third-order valence-electron chi connectivity index (χ3n) is 12.1. The van der Waals surface area contributed by atoms with Crippen LogP contribution in [0.1, 0.15) is 0 Å². The third-order valence-corrected chi connectivity index (χ3v) is 12.1. The molecule has 2 aliphatic heterocycles. The van der Waals surface area contributed by atoms with E-state index in [-0.39, 0.29) is 6.71 Å². The number of furan rings is 1. The van der Waals surface area contributed by atoms with Gasteiger partial charge in [-0.25, -0.2) is 0 Å². The van der Waals surface area contributed by atoms with Crippen molar-refractivity contribution in [1.29, 1.82) is 0 Å². The van der Waals surface area contributed by atoms with E-state index in [1.165, 1.54) is 72.5 Å². The summed E-state index contributed by atoms with van der Waals surface area (Å²) in [6.07, 6.45) is 0. The van der Waals surface area contributed by atoms with Gasteiger partial charge in [-0.1, -0.05) is 164 Å². The minimum Gasteiger partial charge on any atom is -0.456 e. The van der Waals surface area contributed by atoms with E-state index in [9.17, 15) is 0 Å². The molecule has 10 aromatic rings. The summed E-state index contributed by atoms with van der Waals surface area (Å²) in [5.41, 5.74) is 19.8. The second-order valence-electron chi connectivity index (χ2n) is 15.2. The van der Waals surface area contributed by atoms with Gasteiger partial charge in [-0.3, -0.25) is 0 Å². The highest BCUT2D eigenvalue weighted by atomic mass is 16.3. The minimum atomic E-state index is -0.0158. The molecular formula is C54H35BN2O. The summed E-state index contributed by atoms with van der Waals surface area (Å²) in [6, 6.07) is 77.0. The second-order valence-corrected chi connectivity index (χ2v) is 15.2. The fourth-order valence-electron chi connectivity index (χ4n) is 9.65. The van der Waals surface area contributed by atoms with Gasteiger partial charge in [0.2, 0.25) is 0 Å². The van der Waals surface area contributed by atoms with E-state index in [0.717, 1.165) is 33.3 Å². The first-order chi connectivity index (χ1) is 28.8. The number of benzene rings is 9. The topological polar surface area (TPSA) is 19.6 Å². The number of para-hydroxylation sites is 4. The highest BCUT2D eigenvalue weighted by Crippen LogP contribution is 2.48. The van der Waals surface area contributed by atoms with Crippen LogP contribution < -0.4 is 26.2 Å².